The van der Waals surface area contributed by atoms with E-state index in [9.17, 15) is 4.79 Å². The molecule has 0 aromatic heterocycles. The van der Waals surface area contributed by atoms with Gasteiger partial charge in [0.25, 0.3) is 0 Å². The van der Waals surface area contributed by atoms with Crippen LogP contribution in [0.5, 0.6) is 0 Å². The molecule has 2 fully saturated rings. The van der Waals surface area contributed by atoms with E-state index in [1.807, 2.05) is 0 Å². The maximum absolute atomic E-state index is 11.1. The monoisotopic (exact) mass is 183 g/mol. The Morgan fingerprint density at radius 2 is 2.38 bits per heavy atom. The molecule has 0 aliphatic carbocycles. The van der Waals surface area contributed by atoms with Crippen molar-refractivity contribution in [3.05, 3.63) is 0 Å². The summed E-state index contributed by atoms with van der Waals surface area (Å²) in [7, 11) is 0. The lowest BCUT2D eigenvalue weighted by atomic mass is 9.87. The molecule has 0 bridgehead atoms. The molecule has 2 heterocycles. The van der Waals surface area contributed by atoms with E-state index in [1.165, 1.54) is 12.8 Å². The molecule has 13 heavy (non-hydrogen) atoms. The molecule has 0 aromatic rings. The van der Waals surface area contributed by atoms with Crippen LogP contribution >= 0.6 is 0 Å². The van der Waals surface area contributed by atoms with Crippen molar-refractivity contribution in [1.82, 2.24) is 5.32 Å². The highest BCUT2D eigenvalue weighted by molar-refractivity contribution is 5.72. The van der Waals surface area contributed by atoms with Crippen molar-refractivity contribution < 1.29 is 9.53 Å². The zero-order valence-corrected chi connectivity index (χ0v) is 8.14. The Hall–Kier alpha value is -0.570. The van der Waals surface area contributed by atoms with Gasteiger partial charge < -0.3 is 10.1 Å². The maximum Gasteiger partial charge on any atom is 0.306 e. The second-order valence-corrected chi connectivity index (χ2v) is 4.29. The fraction of sp³-hybridized carbons (Fsp3) is 0.900. The zero-order chi connectivity index (χ0) is 9.31. The van der Waals surface area contributed by atoms with Crippen LogP contribution in [0.15, 0.2) is 0 Å². The van der Waals surface area contributed by atoms with Gasteiger partial charge in [-0.05, 0) is 32.7 Å². The van der Waals surface area contributed by atoms with E-state index < -0.39 is 0 Å². The van der Waals surface area contributed by atoms with Gasteiger partial charge in [0, 0.05) is 12.5 Å². The molecule has 2 aliphatic heterocycles. The summed E-state index contributed by atoms with van der Waals surface area (Å²) in [5.74, 6) is -0.0325. The number of piperidine rings is 1. The summed E-state index contributed by atoms with van der Waals surface area (Å²) in [6, 6.07) is 0.382. The number of rotatable bonds is 1. The largest absolute Gasteiger partial charge is 0.458 e. The third-order valence-electron chi connectivity index (χ3n) is 3.22. The first-order valence-electron chi connectivity index (χ1n) is 5.16. The fourth-order valence-electron chi connectivity index (χ4n) is 2.33. The molecule has 2 rings (SSSR count). The van der Waals surface area contributed by atoms with Gasteiger partial charge >= 0.3 is 5.97 Å². The highest BCUT2D eigenvalue weighted by Crippen LogP contribution is 2.32. The summed E-state index contributed by atoms with van der Waals surface area (Å²) in [6.07, 6.45) is 5.12. The normalized spacial score (nSPS) is 40.4. The SMILES string of the molecule is C[C@@]1([C@@H]2CCCCN2)CCC(=O)O1. The summed E-state index contributed by atoms with van der Waals surface area (Å²) in [4.78, 5) is 11.1. The average Bonchev–Trinajstić information content (AvgIpc) is 2.49. The van der Waals surface area contributed by atoms with Gasteiger partial charge in [-0.1, -0.05) is 6.42 Å². The van der Waals surface area contributed by atoms with Gasteiger partial charge in [-0.2, -0.15) is 0 Å². The minimum Gasteiger partial charge on any atom is -0.458 e. The molecule has 0 aromatic carbocycles. The molecular weight excluding hydrogens is 166 g/mol. The first-order valence-corrected chi connectivity index (χ1v) is 5.16. The third kappa shape index (κ3) is 1.70. The van der Waals surface area contributed by atoms with Crippen LogP contribution in [0.2, 0.25) is 0 Å². The standard InChI is InChI=1S/C10H17NO2/c1-10(6-5-9(12)13-10)8-4-2-3-7-11-8/h8,11H,2-7H2,1H3/t8-,10-/m0/s1. The van der Waals surface area contributed by atoms with Crippen LogP contribution in [-0.4, -0.2) is 24.2 Å². The van der Waals surface area contributed by atoms with Crippen molar-refractivity contribution in [2.75, 3.05) is 6.54 Å². The summed E-state index contributed by atoms with van der Waals surface area (Å²) in [5.41, 5.74) is -0.225. The van der Waals surface area contributed by atoms with E-state index in [-0.39, 0.29) is 11.6 Å². The first-order chi connectivity index (χ1) is 6.21. The number of cyclic esters (lactones) is 1. The molecule has 1 N–H and O–H groups in total. The van der Waals surface area contributed by atoms with Gasteiger partial charge in [0.2, 0.25) is 0 Å². The van der Waals surface area contributed by atoms with Gasteiger partial charge in [-0.25, -0.2) is 0 Å². The number of carbonyl (C=O) groups excluding carboxylic acids is 1. The van der Waals surface area contributed by atoms with Crippen molar-refractivity contribution in [1.29, 1.82) is 0 Å². The molecule has 2 saturated heterocycles. The predicted octanol–water partition coefficient (Wildman–Crippen LogP) is 1.22. The molecule has 2 atom stereocenters. The molecular formula is C10H17NO2. The van der Waals surface area contributed by atoms with Crippen LogP contribution in [0.4, 0.5) is 0 Å². The van der Waals surface area contributed by atoms with Crippen molar-refractivity contribution in [3.63, 3.8) is 0 Å². The van der Waals surface area contributed by atoms with Crippen molar-refractivity contribution in [3.8, 4) is 0 Å². The number of hydrogen-bond acceptors (Lipinski definition) is 3. The zero-order valence-electron chi connectivity index (χ0n) is 8.14. The van der Waals surface area contributed by atoms with Crippen molar-refractivity contribution in [2.45, 2.75) is 50.7 Å². The van der Waals surface area contributed by atoms with Crippen molar-refractivity contribution in [2.24, 2.45) is 0 Å². The highest BCUT2D eigenvalue weighted by Gasteiger charge is 2.42. The van der Waals surface area contributed by atoms with Gasteiger partial charge in [-0.3, -0.25) is 4.79 Å². The lowest BCUT2D eigenvalue weighted by Gasteiger charge is -2.36. The highest BCUT2D eigenvalue weighted by atomic mass is 16.6. The molecule has 3 nitrogen and oxygen atoms in total. The summed E-state index contributed by atoms with van der Waals surface area (Å²) in [6.45, 7) is 3.12. The lowest BCUT2D eigenvalue weighted by Crippen LogP contribution is -2.50. The Morgan fingerprint density at radius 1 is 1.54 bits per heavy atom. The topological polar surface area (TPSA) is 38.3 Å². The minimum atomic E-state index is -0.225. The summed E-state index contributed by atoms with van der Waals surface area (Å²) >= 11 is 0. The van der Waals surface area contributed by atoms with Crippen molar-refractivity contribution >= 4 is 5.97 Å². The maximum atomic E-state index is 11.1. The van der Waals surface area contributed by atoms with Crippen LogP contribution in [0.3, 0.4) is 0 Å². The van der Waals surface area contributed by atoms with E-state index in [2.05, 4.69) is 12.2 Å². The van der Waals surface area contributed by atoms with E-state index in [4.69, 9.17) is 4.74 Å². The van der Waals surface area contributed by atoms with Crippen LogP contribution in [0.1, 0.15) is 39.0 Å². The van der Waals surface area contributed by atoms with E-state index in [0.717, 1.165) is 19.4 Å². The Morgan fingerprint density at radius 3 is 2.92 bits per heavy atom. The van der Waals surface area contributed by atoms with E-state index in [0.29, 0.717) is 12.5 Å². The van der Waals surface area contributed by atoms with Gasteiger partial charge in [0.15, 0.2) is 0 Å². The molecule has 0 amide bonds. The van der Waals surface area contributed by atoms with Crippen LogP contribution in [0.25, 0.3) is 0 Å². The Kier molecular flexibility index (Phi) is 2.28. The summed E-state index contributed by atoms with van der Waals surface area (Å²) in [5, 5.41) is 3.44. The second kappa shape index (κ2) is 3.29. The molecule has 0 unspecified atom stereocenters. The molecule has 0 radical (unpaired) electrons. The number of nitrogens with one attached hydrogen (secondary N) is 1. The van der Waals surface area contributed by atoms with Gasteiger partial charge in [-0.15, -0.1) is 0 Å². The van der Waals surface area contributed by atoms with E-state index >= 15 is 0 Å². The molecule has 74 valence electrons. The van der Waals surface area contributed by atoms with Crippen LogP contribution in [-0.2, 0) is 9.53 Å². The fourth-order valence-corrected chi connectivity index (χ4v) is 2.33. The Labute approximate surface area is 78.8 Å². The molecule has 2 aliphatic rings. The number of ether oxygens (including phenoxy) is 1. The second-order valence-electron chi connectivity index (χ2n) is 4.29. The average molecular weight is 183 g/mol. The quantitative estimate of drug-likeness (QED) is 0.621. The van der Waals surface area contributed by atoms with E-state index in [1.54, 1.807) is 0 Å². The lowest BCUT2D eigenvalue weighted by molar-refractivity contribution is -0.149. The number of carbonyl (C=O) groups is 1. The number of esters is 1. The Bertz CT molecular complexity index is 211. The Balaban J connectivity index is 2.01. The molecule has 0 saturated carbocycles. The van der Waals surface area contributed by atoms with Gasteiger partial charge in [0.1, 0.15) is 5.60 Å². The minimum absolute atomic E-state index is 0.0325. The predicted molar refractivity (Wildman–Crippen MR) is 49.4 cm³/mol. The first kappa shape index (κ1) is 9.00. The third-order valence-corrected chi connectivity index (χ3v) is 3.22. The smallest absolute Gasteiger partial charge is 0.306 e. The van der Waals surface area contributed by atoms with Crippen LogP contribution < -0.4 is 5.32 Å². The van der Waals surface area contributed by atoms with Crippen LogP contribution in [0, 0.1) is 0 Å². The number of hydrogen-bond donors (Lipinski definition) is 1. The molecule has 3 heteroatoms. The van der Waals surface area contributed by atoms with Gasteiger partial charge in [0.05, 0.1) is 0 Å². The summed E-state index contributed by atoms with van der Waals surface area (Å²) < 4.78 is 5.39. The molecule has 0 spiro atoms.